The first kappa shape index (κ1) is 21.2. The zero-order chi connectivity index (χ0) is 21.5. The molecule has 160 valence electrons. The highest BCUT2D eigenvalue weighted by Crippen LogP contribution is 2.25. The Hall–Kier alpha value is -2.00. The van der Waals surface area contributed by atoms with Crippen LogP contribution in [-0.4, -0.2) is 47.8 Å². The van der Waals surface area contributed by atoms with Crippen molar-refractivity contribution in [3.8, 4) is 0 Å². The van der Waals surface area contributed by atoms with Crippen LogP contribution in [-0.2, 0) is 22.1 Å². The normalized spacial score (nSPS) is 16.9. The molecule has 1 saturated heterocycles. The first-order valence-electron chi connectivity index (χ1n) is 10.1. The predicted molar refractivity (Wildman–Crippen MR) is 122 cm³/mol. The van der Waals surface area contributed by atoms with Crippen LogP contribution in [0.4, 0.5) is 0 Å². The molecule has 1 fully saturated rings. The molecule has 0 saturated carbocycles. The minimum Gasteiger partial charge on any atom is -0.282 e. The fourth-order valence-electron chi connectivity index (χ4n) is 3.68. The van der Waals surface area contributed by atoms with E-state index in [9.17, 15) is 13.2 Å². The molecule has 0 radical (unpaired) electrons. The summed E-state index contributed by atoms with van der Waals surface area (Å²) in [6, 6.07) is 14.8. The van der Waals surface area contributed by atoms with Crippen molar-refractivity contribution in [1.29, 1.82) is 0 Å². The quantitative estimate of drug-likeness (QED) is 0.618. The Labute approximate surface area is 181 Å². The van der Waals surface area contributed by atoms with Crippen LogP contribution in [0.5, 0.6) is 0 Å². The van der Waals surface area contributed by atoms with Crippen LogP contribution in [0.1, 0.15) is 26.3 Å². The Morgan fingerprint density at radius 1 is 0.933 bits per heavy atom. The molecule has 0 unspecified atom stereocenters. The second kappa shape index (κ2) is 7.92. The van der Waals surface area contributed by atoms with Gasteiger partial charge < -0.3 is 0 Å². The van der Waals surface area contributed by atoms with Crippen molar-refractivity contribution in [1.82, 2.24) is 13.2 Å². The summed E-state index contributed by atoms with van der Waals surface area (Å²) in [5.41, 5.74) is 1.11. The molecule has 4 rings (SSSR count). The van der Waals surface area contributed by atoms with Crippen molar-refractivity contribution < 1.29 is 8.42 Å². The van der Waals surface area contributed by atoms with Crippen LogP contribution in [0, 0.1) is 0 Å². The minimum absolute atomic E-state index is 0.0153. The number of rotatable bonds is 4. The standard InChI is InChI=1S/C22H27N3O3S2/c1-22(2,3)17-8-10-18(11-9-17)30(27,28)24-14-12-23(13-15-24)16-25-21(26)19-6-4-5-7-20(19)29-25/h4-11H,12-16H2,1-3H3. The first-order valence-corrected chi connectivity index (χ1v) is 12.3. The fraction of sp³-hybridized carbons (Fsp3) is 0.409. The van der Waals surface area contributed by atoms with Crippen molar-refractivity contribution in [2.75, 3.05) is 26.2 Å². The van der Waals surface area contributed by atoms with Gasteiger partial charge in [0.15, 0.2) is 0 Å². The number of hydrogen-bond acceptors (Lipinski definition) is 5. The van der Waals surface area contributed by atoms with Crippen LogP contribution in [0.25, 0.3) is 10.1 Å². The van der Waals surface area contributed by atoms with Crippen molar-refractivity contribution >= 4 is 31.6 Å². The number of hydrogen-bond donors (Lipinski definition) is 0. The molecule has 8 heteroatoms. The van der Waals surface area contributed by atoms with Crippen molar-refractivity contribution in [2.24, 2.45) is 0 Å². The molecule has 2 heterocycles. The Morgan fingerprint density at radius 3 is 2.17 bits per heavy atom. The molecule has 0 atom stereocenters. The van der Waals surface area contributed by atoms with Crippen LogP contribution < -0.4 is 5.56 Å². The van der Waals surface area contributed by atoms with Gasteiger partial charge in [0.05, 0.1) is 21.7 Å². The van der Waals surface area contributed by atoms with E-state index in [-0.39, 0.29) is 11.0 Å². The van der Waals surface area contributed by atoms with Gasteiger partial charge in [-0.1, -0.05) is 56.6 Å². The molecular weight excluding hydrogens is 418 g/mol. The minimum atomic E-state index is -3.51. The number of benzene rings is 2. The summed E-state index contributed by atoms with van der Waals surface area (Å²) in [6.45, 7) is 8.85. The molecule has 1 aliphatic rings. The zero-order valence-electron chi connectivity index (χ0n) is 17.5. The highest BCUT2D eigenvalue weighted by atomic mass is 32.2. The molecule has 0 N–H and O–H groups in total. The lowest BCUT2D eigenvalue weighted by Crippen LogP contribution is -2.49. The van der Waals surface area contributed by atoms with E-state index in [1.807, 2.05) is 36.4 Å². The van der Waals surface area contributed by atoms with E-state index >= 15 is 0 Å². The van der Waals surface area contributed by atoms with Gasteiger partial charge in [0.2, 0.25) is 10.0 Å². The Bertz CT molecular complexity index is 1200. The van der Waals surface area contributed by atoms with Gasteiger partial charge in [-0.25, -0.2) is 12.4 Å². The van der Waals surface area contributed by atoms with Crippen LogP contribution >= 0.6 is 11.5 Å². The Kier molecular flexibility index (Phi) is 5.61. The van der Waals surface area contributed by atoms with E-state index in [1.165, 1.54) is 11.5 Å². The smallest absolute Gasteiger partial charge is 0.269 e. The molecule has 1 aliphatic heterocycles. The highest BCUT2D eigenvalue weighted by Gasteiger charge is 2.29. The van der Waals surface area contributed by atoms with E-state index in [0.29, 0.717) is 37.7 Å². The molecular formula is C22H27N3O3S2. The molecule has 1 aromatic heterocycles. The number of fused-ring (bicyclic) bond motifs is 1. The van der Waals surface area contributed by atoms with Crippen molar-refractivity contribution in [3.05, 3.63) is 64.4 Å². The number of piperazine rings is 1. The van der Waals surface area contributed by atoms with Gasteiger partial charge in [-0.15, -0.1) is 0 Å². The molecule has 3 aromatic rings. The van der Waals surface area contributed by atoms with E-state index in [4.69, 9.17) is 0 Å². The summed E-state index contributed by atoms with van der Waals surface area (Å²) in [7, 11) is -3.51. The largest absolute Gasteiger partial charge is 0.282 e. The maximum absolute atomic E-state index is 13.0. The summed E-state index contributed by atoms with van der Waals surface area (Å²) >= 11 is 1.45. The third-order valence-electron chi connectivity index (χ3n) is 5.57. The van der Waals surface area contributed by atoms with Crippen molar-refractivity contribution in [3.63, 3.8) is 0 Å². The van der Waals surface area contributed by atoms with Crippen LogP contribution in [0.2, 0.25) is 0 Å². The summed E-state index contributed by atoms with van der Waals surface area (Å²) in [4.78, 5) is 15.0. The average molecular weight is 446 g/mol. The lowest BCUT2D eigenvalue weighted by atomic mass is 9.87. The molecule has 2 aromatic carbocycles. The molecule has 30 heavy (non-hydrogen) atoms. The highest BCUT2D eigenvalue weighted by molar-refractivity contribution is 7.89. The summed E-state index contributed by atoms with van der Waals surface area (Å²) in [5.74, 6) is 0. The zero-order valence-corrected chi connectivity index (χ0v) is 19.2. The monoisotopic (exact) mass is 445 g/mol. The van der Waals surface area contributed by atoms with E-state index in [1.54, 1.807) is 20.4 Å². The van der Waals surface area contributed by atoms with Gasteiger partial charge in [-0.05, 0) is 35.2 Å². The van der Waals surface area contributed by atoms with E-state index in [0.717, 1.165) is 15.6 Å². The third kappa shape index (κ3) is 4.09. The predicted octanol–water partition coefficient (Wildman–Crippen LogP) is 3.32. The van der Waals surface area contributed by atoms with Gasteiger partial charge in [-0.3, -0.25) is 9.69 Å². The van der Waals surface area contributed by atoms with Crippen LogP contribution in [0.15, 0.2) is 58.2 Å². The van der Waals surface area contributed by atoms with Gasteiger partial charge in [0.25, 0.3) is 5.56 Å². The number of sulfonamides is 1. The van der Waals surface area contributed by atoms with Gasteiger partial charge >= 0.3 is 0 Å². The Morgan fingerprint density at radius 2 is 1.57 bits per heavy atom. The molecule has 0 aliphatic carbocycles. The average Bonchev–Trinajstić information content (AvgIpc) is 3.03. The maximum atomic E-state index is 13.0. The Balaban J connectivity index is 1.43. The SMILES string of the molecule is CC(C)(C)c1ccc(S(=O)(=O)N2CCN(Cn3sc4ccccc4c3=O)CC2)cc1. The second-order valence-electron chi connectivity index (χ2n) is 8.71. The number of aromatic nitrogens is 1. The maximum Gasteiger partial charge on any atom is 0.269 e. The summed E-state index contributed by atoms with van der Waals surface area (Å²) in [6.07, 6.45) is 0. The van der Waals surface area contributed by atoms with Crippen LogP contribution in [0.3, 0.4) is 0 Å². The summed E-state index contributed by atoms with van der Waals surface area (Å²) in [5, 5.41) is 0.738. The summed E-state index contributed by atoms with van der Waals surface area (Å²) < 4.78 is 30.3. The molecule has 0 bridgehead atoms. The fourth-order valence-corrected chi connectivity index (χ4v) is 6.13. The molecule has 6 nitrogen and oxygen atoms in total. The lowest BCUT2D eigenvalue weighted by Gasteiger charge is -2.33. The molecule has 0 amide bonds. The number of nitrogens with zero attached hydrogens (tertiary/aromatic N) is 3. The topological polar surface area (TPSA) is 62.6 Å². The van der Waals surface area contributed by atoms with Gasteiger partial charge in [-0.2, -0.15) is 4.31 Å². The van der Waals surface area contributed by atoms with Gasteiger partial charge in [0.1, 0.15) is 0 Å². The van der Waals surface area contributed by atoms with E-state index in [2.05, 4.69) is 25.7 Å². The second-order valence-corrected chi connectivity index (χ2v) is 11.7. The first-order chi connectivity index (χ1) is 14.2. The molecule has 0 spiro atoms. The van der Waals surface area contributed by atoms with Crippen molar-refractivity contribution in [2.45, 2.75) is 37.8 Å². The van der Waals surface area contributed by atoms with E-state index < -0.39 is 10.0 Å². The third-order valence-corrected chi connectivity index (χ3v) is 8.54. The van der Waals surface area contributed by atoms with Gasteiger partial charge in [0, 0.05) is 26.2 Å². The lowest BCUT2D eigenvalue weighted by molar-refractivity contribution is 0.156.